The maximum Gasteiger partial charge on any atom is 0.282 e. The van der Waals surface area contributed by atoms with Crippen LogP contribution in [0, 0.1) is 0 Å². The van der Waals surface area contributed by atoms with E-state index >= 15 is 0 Å². The van der Waals surface area contributed by atoms with Crippen LogP contribution in [0.1, 0.15) is 50.1 Å². The lowest BCUT2D eigenvalue weighted by atomic mass is 10.1. The van der Waals surface area contributed by atoms with Gasteiger partial charge < -0.3 is 9.47 Å². The summed E-state index contributed by atoms with van der Waals surface area (Å²) in [6, 6.07) is 21.8. The second kappa shape index (κ2) is 12.9. The van der Waals surface area contributed by atoms with Gasteiger partial charge in [-0.1, -0.05) is 72.2 Å². The topological polar surface area (TPSA) is 65.7 Å². The van der Waals surface area contributed by atoms with E-state index in [1.807, 2.05) is 50.2 Å². The van der Waals surface area contributed by atoms with Crippen LogP contribution in [0.5, 0.6) is 11.5 Å². The third-order valence-electron chi connectivity index (χ3n) is 6.91. The average molecular weight is 742 g/mol. The highest BCUT2D eigenvalue weighted by Crippen LogP contribution is 2.43. The van der Waals surface area contributed by atoms with Gasteiger partial charge in [0.25, 0.3) is 5.56 Å². The van der Waals surface area contributed by atoms with Crippen LogP contribution in [0.2, 0.25) is 0 Å². The van der Waals surface area contributed by atoms with Crippen LogP contribution in [0.4, 0.5) is 0 Å². The summed E-state index contributed by atoms with van der Waals surface area (Å²) in [5, 5.41) is 7.44. The van der Waals surface area contributed by atoms with Gasteiger partial charge in [-0.3, -0.25) is 4.79 Å². The second-order valence-electron chi connectivity index (χ2n) is 9.58. The van der Waals surface area contributed by atoms with Crippen molar-refractivity contribution in [1.29, 1.82) is 0 Å². The molecule has 0 bridgehead atoms. The fourth-order valence-electron chi connectivity index (χ4n) is 4.56. The van der Waals surface area contributed by atoms with Crippen molar-refractivity contribution in [3.63, 3.8) is 0 Å². The van der Waals surface area contributed by atoms with Crippen LogP contribution >= 0.6 is 47.8 Å². The van der Waals surface area contributed by atoms with Gasteiger partial charge in [-0.15, -0.1) is 0 Å². The van der Waals surface area contributed by atoms with E-state index in [0.29, 0.717) is 51.5 Å². The minimum atomic E-state index is -0.224. The average Bonchev–Trinajstić information content (AvgIpc) is 2.98. The summed E-state index contributed by atoms with van der Waals surface area (Å²) in [5.74, 6) is 1.79. The Hall–Kier alpha value is -3.01. The van der Waals surface area contributed by atoms with Crippen molar-refractivity contribution in [2.24, 2.45) is 5.10 Å². The predicted octanol–water partition coefficient (Wildman–Crippen LogP) is 9.21. The SMILES string of the molecule is CCOc1cc(C=Nn2c([C@H](C)CC)nc3ccc(Br)cc3c2=O)c(Br)c(Br)c1OCc1cccc2ccccc12. The third-order valence-corrected chi connectivity index (χ3v) is 9.54. The number of nitrogens with zero attached hydrogens (tertiary/aromatic N) is 3. The molecule has 0 unspecified atom stereocenters. The number of halogens is 3. The Morgan fingerprint density at radius 1 is 0.951 bits per heavy atom. The van der Waals surface area contributed by atoms with Crippen molar-refractivity contribution >= 4 is 75.7 Å². The van der Waals surface area contributed by atoms with Crippen molar-refractivity contribution in [3.8, 4) is 11.5 Å². The molecular weight excluding hydrogens is 714 g/mol. The van der Waals surface area contributed by atoms with E-state index in [4.69, 9.17) is 14.5 Å². The summed E-state index contributed by atoms with van der Waals surface area (Å²) in [4.78, 5) is 18.4. The number of hydrogen-bond acceptors (Lipinski definition) is 5. The maximum absolute atomic E-state index is 13.6. The van der Waals surface area contributed by atoms with Gasteiger partial charge >= 0.3 is 0 Å². The molecule has 0 aliphatic rings. The molecule has 0 spiro atoms. The number of fused-ring (bicyclic) bond motifs is 2. The fraction of sp³-hybridized carbons (Fsp3) is 0.219. The van der Waals surface area contributed by atoms with E-state index in [0.717, 1.165) is 31.7 Å². The van der Waals surface area contributed by atoms with Gasteiger partial charge in [0.2, 0.25) is 0 Å². The summed E-state index contributed by atoms with van der Waals surface area (Å²) < 4.78 is 16.0. The predicted molar refractivity (Wildman–Crippen MR) is 177 cm³/mol. The zero-order chi connectivity index (χ0) is 29.1. The van der Waals surface area contributed by atoms with Crippen molar-refractivity contribution in [3.05, 3.63) is 107 Å². The molecule has 0 radical (unpaired) electrons. The lowest BCUT2D eigenvalue weighted by Gasteiger charge is -2.17. The van der Waals surface area contributed by atoms with Crippen molar-refractivity contribution in [2.75, 3.05) is 6.61 Å². The molecule has 41 heavy (non-hydrogen) atoms. The van der Waals surface area contributed by atoms with Crippen LogP contribution < -0.4 is 15.0 Å². The van der Waals surface area contributed by atoms with Gasteiger partial charge in [-0.05, 0) is 85.8 Å². The highest BCUT2D eigenvalue weighted by molar-refractivity contribution is 9.13. The summed E-state index contributed by atoms with van der Waals surface area (Å²) in [7, 11) is 0. The number of hydrogen-bond donors (Lipinski definition) is 0. The largest absolute Gasteiger partial charge is 0.490 e. The summed E-state index contributed by atoms with van der Waals surface area (Å²) in [6.45, 7) is 6.85. The van der Waals surface area contributed by atoms with Crippen LogP contribution in [-0.4, -0.2) is 22.5 Å². The van der Waals surface area contributed by atoms with Crippen LogP contribution in [0.25, 0.3) is 21.7 Å². The van der Waals surface area contributed by atoms with E-state index < -0.39 is 0 Å². The van der Waals surface area contributed by atoms with Gasteiger partial charge in [0.05, 0.1) is 28.2 Å². The van der Waals surface area contributed by atoms with Crippen LogP contribution in [0.3, 0.4) is 0 Å². The van der Waals surface area contributed by atoms with E-state index in [1.54, 1.807) is 12.3 Å². The van der Waals surface area contributed by atoms with Gasteiger partial charge in [0, 0.05) is 20.4 Å². The lowest BCUT2D eigenvalue weighted by Crippen LogP contribution is -2.23. The van der Waals surface area contributed by atoms with E-state index in [2.05, 4.69) is 84.1 Å². The maximum atomic E-state index is 13.6. The molecule has 0 saturated heterocycles. The molecule has 5 rings (SSSR count). The first-order chi connectivity index (χ1) is 19.8. The molecule has 210 valence electrons. The van der Waals surface area contributed by atoms with Gasteiger partial charge in [0.15, 0.2) is 11.5 Å². The smallest absolute Gasteiger partial charge is 0.282 e. The Balaban J connectivity index is 1.54. The van der Waals surface area contributed by atoms with E-state index in [-0.39, 0.29) is 11.5 Å². The summed E-state index contributed by atoms with van der Waals surface area (Å²) in [5.41, 5.74) is 2.22. The molecule has 0 saturated carbocycles. The van der Waals surface area contributed by atoms with E-state index in [1.165, 1.54) is 4.68 Å². The minimum absolute atomic E-state index is 0.0342. The summed E-state index contributed by atoms with van der Waals surface area (Å²) >= 11 is 10.9. The van der Waals surface area contributed by atoms with Gasteiger partial charge in [-0.25, -0.2) is 4.98 Å². The first-order valence-electron chi connectivity index (χ1n) is 13.3. The monoisotopic (exact) mass is 739 g/mol. The normalized spacial score (nSPS) is 12.3. The number of aromatic nitrogens is 2. The molecular formula is C32H28Br3N3O3. The molecule has 4 aromatic carbocycles. The van der Waals surface area contributed by atoms with Gasteiger partial charge in [0.1, 0.15) is 12.4 Å². The standard InChI is InChI=1S/C32H28Br3N3O3/c1-4-19(3)31-37-26-14-13-23(33)16-25(26)32(39)38(31)36-17-22-15-27(40-5-2)30(29(35)28(22)34)41-18-21-11-8-10-20-9-6-7-12-24(20)21/h6-17,19H,4-5,18H2,1-3H3/t19-/m1/s1. The molecule has 1 aromatic heterocycles. The van der Waals surface area contributed by atoms with E-state index in [9.17, 15) is 4.79 Å². The number of rotatable bonds is 9. The molecule has 9 heteroatoms. The van der Waals surface area contributed by atoms with Crippen molar-refractivity contribution in [2.45, 2.75) is 39.7 Å². The minimum Gasteiger partial charge on any atom is -0.490 e. The molecule has 1 atom stereocenters. The van der Waals surface area contributed by atoms with Crippen LogP contribution in [-0.2, 0) is 6.61 Å². The molecule has 0 aliphatic carbocycles. The van der Waals surface area contributed by atoms with Gasteiger partial charge in [-0.2, -0.15) is 9.78 Å². The molecule has 1 heterocycles. The number of benzene rings is 4. The Morgan fingerprint density at radius 2 is 1.73 bits per heavy atom. The zero-order valence-corrected chi connectivity index (χ0v) is 27.6. The first-order valence-corrected chi connectivity index (χ1v) is 15.7. The molecule has 0 fully saturated rings. The lowest BCUT2D eigenvalue weighted by molar-refractivity contribution is 0.268. The van der Waals surface area contributed by atoms with Crippen molar-refractivity contribution < 1.29 is 9.47 Å². The molecule has 6 nitrogen and oxygen atoms in total. The Morgan fingerprint density at radius 3 is 2.51 bits per heavy atom. The fourth-order valence-corrected chi connectivity index (χ4v) is 5.86. The van der Waals surface area contributed by atoms with Crippen LogP contribution in [0.15, 0.2) is 90.0 Å². The first kappa shape index (κ1) is 29.5. The summed E-state index contributed by atoms with van der Waals surface area (Å²) in [6.07, 6.45) is 2.46. The van der Waals surface area contributed by atoms with Crippen molar-refractivity contribution in [1.82, 2.24) is 9.66 Å². The Labute approximate surface area is 263 Å². The number of ether oxygens (including phenoxy) is 2. The second-order valence-corrected chi connectivity index (χ2v) is 12.1. The molecule has 0 aliphatic heterocycles. The Bertz CT molecular complexity index is 1830. The molecule has 0 N–H and O–H groups in total. The zero-order valence-electron chi connectivity index (χ0n) is 22.8. The highest BCUT2D eigenvalue weighted by atomic mass is 79.9. The quantitative estimate of drug-likeness (QED) is 0.141. The Kier molecular flexibility index (Phi) is 9.26. The highest BCUT2D eigenvalue weighted by Gasteiger charge is 2.19. The third kappa shape index (κ3) is 6.12. The molecule has 5 aromatic rings. The molecule has 0 amide bonds.